The third-order valence-corrected chi connectivity index (χ3v) is 3.08. The number of benzene rings is 1. The molecule has 0 bridgehead atoms. The molecule has 82 valence electrons. The highest BCUT2D eigenvalue weighted by Gasteiger charge is 2.14. The van der Waals surface area contributed by atoms with Gasteiger partial charge in [-0.15, -0.1) is 0 Å². The Labute approximate surface area is 97.4 Å². The number of hydrogen-bond donors (Lipinski definition) is 2. The monoisotopic (exact) mass is 272 g/mol. The van der Waals surface area contributed by atoms with Gasteiger partial charge in [-0.25, -0.2) is 4.39 Å². The molecule has 1 aliphatic heterocycles. The van der Waals surface area contributed by atoms with Gasteiger partial charge in [-0.2, -0.15) is 0 Å². The zero-order valence-electron chi connectivity index (χ0n) is 8.39. The molecule has 1 aromatic rings. The van der Waals surface area contributed by atoms with Crippen molar-refractivity contribution >= 4 is 21.6 Å². The van der Waals surface area contributed by atoms with E-state index in [-0.39, 0.29) is 5.82 Å². The summed E-state index contributed by atoms with van der Waals surface area (Å²) in [6.07, 6.45) is 2.24. The van der Waals surface area contributed by atoms with E-state index in [9.17, 15) is 4.39 Å². The summed E-state index contributed by atoms with van der Waals surface area (Å²) in [6.45, 7) is 1.98. The quantitative estimate of drug-likeness (QED) is 0.865. The molecule has 2 nitrogen and oxygen atoms in total. The Morgan fingerprint density at radius 3 is 3.07 bits per heavy atom. The lowest BCUT2D eigenvalue weighted by molar-refractivity contribution is 0.477. The van der Waals surface area contributed by atoms with Gasteiger partial charge in [0.05, 0.1) is 5.69 Å². The van der Waals surface area contributed by atoms with E-state index in [1.54, 1.807) is 12.1 Å². The summed E-state index contributed by atoms with van der Waals surface area (Å²) in [5, 5.41) is 6.51. The molecule has 0 radical (unpaired) electrons. The maximum absolute atomic E-state index is 13.4. The van der Waals surface area contributed by atoms with E-state index < -0.39 is 0 Å². The lowest BCUT2D eigenvalue weighted by Crippen LogP contribution is -2.38. The topological polar surface area (TPSA) is 24.1 Å². The predicted molar refractivity (Wildman–Crippen MR) is 63.6 cm³/mol. The summed E-state index contributed by atoms with van der Waals surface area (Å²) in [5.41, 5.74) is 0.582. The molecule has 1 aliphatic rings. The van der Waals surface area contributed by atoms with Crippen molar-refractivity contribution < 1.29 is 4.39 Å². The van der Waals surface area contributed by atoms with Crippen LogP contribution in [0.5, 0.6) is 0 Å². The van der Waals surface area contributed by atoms with E-state index in [1.807, 2.05) is 0 Å². The van der Waals surface area contributed by atoms with Gasteiger partial charge in [-0.3, -0.25) is 0 Å². The summed E-state index contributed by atoms with van der Waals surface area (Å²) in [6, 6.07) is 5.30. The maximum Gasteiger partial charge on any atom is 0.146 e. The number of halogens is 2. The molecule has 1 unspecified atom stereocenters. The number of hydrogen-bond acceptors (Lipinski definition) is 2. The lowest BCUT2D eigenvalue weighted by Gasteiger charge is -2.25. The van der Waals surface area contributed by atoms with Gasteiger partial charge < -0.3 is 10.6 Å². The standard InChI is InChI=1S/C11H14BrFN2/c12-8-3-4-10(13)11(6-8)15-9-2-1-5-14-7-9/h3-4,6,9,14-15H,1-2,5,7H2. The second kappa shape index (κ2) is 4.94. The molecule has 1 heterocycles. The first-order chi connectivity index (χ1) is 7.25. The largest absolute Gasteiger partial charge is 0.379 e. The third-order valence-electron chi connectivity index (χ3n) is 2.58. The van der Waals surface area contributed by atoms with Gasteiger partial charge in [0.2, 0.25) is 0 Å². The number of rotatable bonds is 2. The second-order valence-electron chi connectivity index (χ2n) is 3.81. The van der Waals surface area contributed by atoms with Gasteiger partial charge in [-0.05, 0) is 37.6 Å². The van der Waals surface area contributed by atoms with Crippen molar-refractivity contribution in [1.82, 2.24) is 5.32 Å². The number of piperidine rings is 1. The summed E-state index contributed by atoms with van der Waals surface area (Å²) >= 11 is 3.34. The van der Waals surface area contributed by atoms with Crippen molar-refractivity contribution in [3.8, 4) is 0 Å². The Bertz CT molecular complexity index is 337. The number of nitrogens with one attached hydrogen (secondary N) is 2. The molecule has 15 heavy (non-hydrogen) atoms. The fraction of sp³-hybridized carbons (Fsp3) is 0.455. The maximum atomic E-state index is 13.4. The fourth-order valence-electron chi connectivity index (χ4n) is 1.80. The Hall–Kier alpha value is -0.610. The van der Waals surface area contributed by atoms with E-state index >= 15 is 0 Å². The summed E-state index contributed by atoms with van der Waals surface area (Å²) in [7, 11) is 0. The Morgan fingerprint density at radius 1 is 1.47 bits per heavy atom. The van der Waals surface area contributed by atoms with E-state index in [2.05, 4.69) is 26.6 Å². The van der Waals surface area contributed by atoms with Crippen LogP contribution in [0.3, 0.4) is 0 Å². The minimum atomic E-state index is -0.191. The first kappa shape index (κ1) is 10.9. The van der Waals surface area contributed by atoms with Crippen LogP contribution in [-0.2, 0) is 0 Å². The van der Waals surface area contributed by atoms with Gasteiger partial charge in [0.15, 0.2) is 0 Å². The first-order valence-corrected chi connectivity index (χ1v) is 5.97. The Morgan fingerprint density at radius 2 is 2.33 bits per heavy atom. The molecule has 4 heteroatoms. The molecule has 1 saturated heterocycles. The SMILES string of the molecule is Fc1ccc(Br)cc1NC1CCCNC1. The van der Waals surface area contributed by atoms with E-state index in [0.29, 0.717) is 11.7 Å². The summed E-state index contributed by atoms with van der Waals surface area (Å²) in [4.78, 5) is 0. The van der Waals surface area contributed by atoms with E-state index in [1.165, 1.54) is 6.07 Å². The second-order valence-corrected chi connectivity index (χ2v) is 4.73. The molecule has 0 spiro atoms. The van der Waals surface area contributed by atoms with Crippen molar-refractivity contribution in [2.24, 2.45) is 0 Å². The van der Waals surface area contributed by atoms with Crippen LogP contribution in [0.15, 0.2) is 22.7 Å². The van der Waals surface area contributed by atoms with Crippen molar-refractivity contribution in [1.29, 1.82) is 0 Å². The number of anilines is 1. The molecule has 1 aromatic carbocycles. The Kier molecular flexibility index (Phi) is 3.59. The molecule has 0 amide bonds. The van der Waals surface area contributed by atoms with Gasteiger partial charge >= 0.3 is 0 Å². The highest BCUT2D eigenvalue weighted by molar-refractivity contribution is 9.10. The van der Waals surface area contributed by atoms with Crippen molar-refractivity contribution in [3.05, 3.63) is 28.5 Å². The molecule has 2 rings (SSSR count). The average Bonchev–Trinajstić information content (AvgIpc) is 2.25. The van der Waals surface area contributed by atoms with Crippen LogP contribution in [0.25, 0.3) is 0 Å². The van der Waals surface area contributed by atoms with Gasteiger partial charge in [0, 0.05) is 17.1 Å². The highest BCUT2D eigenvalue weighted by atomic mass is 79.9. The highest BCUT2D eigenvalue weighted by Crippen LogP contribution is 2.21. The van der Waals surface area contributed by atoms with Crippen LogP contribution in [0, 0.1) is 5.82 Å². The van der Waals surface area contributed by atoms with E-state index in [0.717, 1.165) is 30.4 Å². The van der Waals surface area contributed by atoms with Crippen molar-refractivity contribution in [2.45, 2.75) is 18.9 Å². The molecule has 1 atom stereocenters. The molecule has 0 aliphatic carbocycles. The minimum Gasteiger partial charge on any atom is -0.379 e. The van der Waals surface area contributed by atoms with Crippen LogP contribution in [0.4, 0.5) is 10.1 Å². The van der Waals surface area contributed by atoms with Gasteiger partial charge in [0.1, 0.15) is 5.82 Å². The normalized spacial score (nSPS) is 21.3. The zero-order chi connectivity index (χ0) is 10.7. The van der Waals surface area contributed by atoms with Crippen molar-refractivity contribution in [3.63, 3.8) is 0 Å². The van der Waals surface area contributed by atoms with Gasteiger partial charge in [-0.1, -0.05) is 15.9 Å². The molecule has 0 saturated carbocycles. The predicted octanol–water partition coefficient (Wildman–Crippen LogP) is 2.75. The van der Waals surface area contributed by atoms with Gasteiger partial charge in [0.25, 0.3) is 0 Å². The van der Waals surface area contributed by atoms with E-state index in [4.69, 9.17) is 0 Å². The molecular weight excluding hydrogens is 259 g/mol. The lowest BCUT2D eigenvalue weighted by atomic mass is 10.1. The summed E-state index contributed by atoms with van der Waals surface area (Å²) < 4.78 is 14.3. The Balaban J connectivity index is 2.05. The average molecular weight is 273 g/mol. The zero-order valence-corrected chi connectivity index (χ0v) is 9.98. The molecular formula is C11H14BrFN2. The minimum absolute atomic E-state index is 0.191. The molecule has 0 aromatic heterocycles. The van der Waals surface area contributed by atoms with Crippen molar-refractivity contribution in [2.75, 3.05) is 18.4 Å². The fourth-order valence-corrected chi connectivity index (χ4v) is 2.16. The molecule has 2 N–H and O–H groups in total. The summed E-state index contributed by atoms with van der Waals surface area (Å²) in [5.74, 6) is -0.191. The van der Waals surface area contributed by atoms with Crippen LogP contribution in [0.2, 0.25) is 0 Å². The first-order valence-electron chi connectivity index (χ1n) is 5.18. The third kappa shape index (κ3) is 2.92. The van der Waals surface area contributed by atoms with Crippen LogP contribution >= 0.6 is 15.9 Å². The van der Waals surface area contributed by atoms with Crippen LogP contribution < -0.4 is 10.6 Å². The van der Waals surface area contributed by atoms with Crippen LogP contribution in [0.1, 0.15) is 12.8 Å². The van der Waals surface area contributed by atoms with Crippen LogP contribution in [-0.4, -0.2) is 19.1 Å². The smallest absolute Gasteiger partial charge is 0.146 e. The molecule has 1 fully saturated rings.